The van der Waals surface area contributed by atoms with E-state index in [1.165, 1.54) is 11.8 Å². The van der Waals surface area contributed by atoms with E-state index in [0.29, 0.717) is 26.2 Å². The number of carboxylic acid groups (broad SMARTS) is 1. The second-order valence-corrected chi connectivity index (χ2v) is 12.9. The Labute approximate surface area is 229 Å². The summed E-state index contributed by atoms with van der Waals surface area (Å²) in [7, 11) is -3.00. The summed E-state index contributed by atoms with van der Waals surface area (Å²) in [5.74, 6) is 1.84. The van der Waals surface area contributed by atoms with E-state index in [-0.39, 0.29) is 24.0 Å². The zero-order valence-corrected chi connectivity index (χ0v) is 23.3. The van der Waals surface area contributed by atoms with Crippen LogP contribution in [0.2, 0.25) is 0 Å². The molecule has 3 aromatic carbocycles. The smallest absolute Gasteiger partial charge is 0.304 e. The maximum Gasteiger partial charge on any atom is 0.304 e. The number of carbonyl (C=O) groups is 1. The Bertz CT molecular complexity index is 1490. The van der Waals surface area contributed by atoms with Crippen molar-refractivity contribution in [3.05, 3.63) is 76.3 Å². The average Bonchev–Trinajstić information content (AvgIpc) is 3.45. The topological polar surface area (TPSA) is 99.1 Å². The molecule has 0 spiro atoms. The first kappa shape index (κ1) is 27.1. The number of aliphatic carboxylic acids is 1. The van der Waals surface area contributed by atoms with Gasteiger partial charge in [-0.3, -0.25) is 4.79 Å². The Morgan fingerprint density at radius 1 is 1.00 bits per heavy atom. The fourth-order valence-corrected chi connectivity index (χ4v) is 6.37. The molecule has 0 saturated heterocycles. The molecular weight excluding hydrogens is 516 g/mol. The molecule has 0 saturated carbocycles. The molecule has 1 N–H and O–H groups in total. The minimum absolute atomic E-state index is 0.0775. The van der Waals surface area contributed by atoms with Gasteiger partial charge in [0.05, 0.1) is 32.0 Å². The van der Waals surface area contributed by atoms with Gasteiger partial charge in [-0.15, -0.1) is 0 Å². The van der Waals surface area contributed by atoms with Crippen LogP contribution in [0.15, 0.2) is 48.5 Å². The first-order chi connectivity index (χ1) is 18.6. The lowest BCUT2D eigenvalue weighted by atomic mass is 9.88. The minimum Gasteiger partial charge on any atom is -0.494 e. The van der Waals surface area contributed by atoms with E-state index in [2.05, 4.69) is 38.1 Å². The van der Waals surface area contributed by atoms with Gasteiger partial charge in [-0.05, 0) is 67.1 Å². The van der Waals surface area contributed by atoms with Crippen LogP contribution in [0.4, 0.5) is 0 Å². The Balaban J connectivity index is 1.33. The third kappa shape index (κ3) is 6.06. The number of para-hydroxylation sites is 1. The number of rotatable bonds is 10. The molecule has 3 aromatic rings. The number of hydrogen-bond donors (Lipinski definition) is 1. The van der Waals surface area contributed by atoms with Crippen molar-refractivity contribution in [2.24, 2.45) is 0 Å². The average molecular weight is 551 g/mol. The number of aryl methyl sites for hydroxylation is 2. The van der Waals surface area contributed by atoms with Gasteiger partial charge in [-0.25, -0.2) is 8.42 Å². The Hall–Kier alpha value is -3.52. The fourth-order valence-electron chi connectivity index (χ4n) is 5.73. The molecule has 0 amide bonds. The molecule has 2 heterocycles. The molecule has 8 heteroatoms. The third-order valence-corrected chi connectivity index (χ3v) is 8.51. The molecule has 0 fully saturated rings. The Morgan fingerprint density at radius 3 is 2.46 bits per heavy atom. The quantitative estimate of drug-likeness (QED) is 0.335. The van der Waals surface area contributed by atoms with Gasteiger partial charge in [0.25, 0.3) is 0 Å². The Morgan fingerprint density at radius 2 is 1.74 bits per heavy atom. The highest BCUT2D eigenvalue weighted by atomic mass is 32.2. The molecule has 206 valence electrons. The predicted octanol–water partition coefficient (Wildman–Crippen LogP) is 5.45. The zero-order valence-electron chi connectivity index (χ0n) is 22.5. The lowest BCUT2D eigenvalue weighted by molar-refractivity contribution is -0.137. The molecular formula is C31H34O7S. The molecule has 0 radical (unpaired) electrons. The molecule has 7 nitrogen and oxygen atoms in total. The van der Waals surface area contributed by atoms with Crippen LogP contribution in [-0.4, -0.2) is 51.3 Å². The van der Waals surface area contributed by atoms with Crippen LogP contribution >= 0.6 is 0 Å². The SMILES string of the molecule is Cc1cc(OCCCS(C)(=O)=O)cc(C)c1-c1cccc2c1OC[C@H]2Cc1ccc2c(c1)OC[C@H]2CC(=O)O. The molecule has 0 aromatic heterocycles. The van der Waals surface area contributed by atoms with Crippen LogP contribution in [0.25, 0.3) is 11.1 Å². The van der Waals surface area contributed by atoms with Gasteiger partial charge < -0.3 is 19.3 Å². The second-order valence-electron chi connectivity index (χ2n) is 10.7. The molecule has 0 bridgehead atoms. The summed E-state index contributed by atoms with van der Waals surface area (Å²) >= 11 is 0. The summed E-state index contributed by atoms with van der Waals surface area (Å²) in [5.41, 5.74) is 7.61. The van der Waals surface area contributed by atoms with E-state index in [4.69, 9.17) is 19.3 Å². The summed E-state index contributed by atoms with van der Waals surface area (Å²) in [6, 6.07) is 16.4. The molecule has 0 aliphatic carbocycles. The van der Waals surface area contributed by atoms with Crippen molar-refractivity contribution in [1.29, 1.82) is 0 Å². The highest BCUT2D eigenvalue weighted by Gasteiger charge is 2.30. The second kappa shape index (κ2) is 10.9. The van der Waals surface area contributed by atoms with Crippen LogP contribution in [-0.2, 0) is 21.1 Å². The van der Waals surface area contributed by atoms with Gasteiger partial charge in [0.2, 0.25) is 0 Å². The largest absolute Gasteiger partial charge is 0.494 e. The summed E-state index contributed by atoms with van der Waals surface area (Å²) in [6.45, 7) is 5.46. The van der Waals surface area contributed by atoms with Crippen LogP contribution < -0.4 is 14.2 Å². The van der Waals surface area contributed by atoms with Gasteiger partial charge >= 0.3 is 5.97 Å². The van der Waals surface area contributed by atoms with E-state index < -0.39 is 15.8 Å². The van der Waals surface area contributed by atoms with Gasteiger partial charge in [-0.2, -0.15) is 0 Å². The van der Waals surface area contributed by atoms with Crippen molar-refractivity contribution < 1.29 is 32.5 Å². The molecule has 0 unspecified atom stereocenters. The number of carboxylic acids is 1. The van der Waals surface area contributed by atoms with Gasteiger partial charge in [-0.1, -0.05) is 30.3 Å². The van der Waals surface area contributed by atoms with E-state index in [1.807, 2.05) is 24.3 Å². The van der Waals surface area contributed by atoms with Crippen molar-refractivity contribution in [3.63, 3.8) is 0 Å². The third-order valence-electron chi connectivity index (χ3n) is 7.48. The number of sulfone groups is 1. The summed E-state index contributed by atoms with van der Waals surface area (Å²) in [6.07, 6.45) is 2.57. The van der Waals surface area contributed by atoms with Crippen LogP contribution in [0.1, 0.15) is 52.5 Å². The molecule has 2 atom stereocenters. The molecule has 5 rings (SSSR count). The zero-order chi connectivity index (χ0) is 27.7. The number of ether oxygens (including phenoxy) is 3. The predicted molar refractivity (Wildman–Crippen MR) is 150 cm³/mol. The normalized spacial score (nSPS) is 17.7. The van der Waals surface area contributed by atoms with E-state index in [9.17, 15) is 13.2 Å². The van der Waals surface area contributed by atoms with Gasteiger partial charge in [0.15, 0.2) is 0 Å². The number of fused-ring (bicyclic) bond motifs is 2. The summed E-state index contributed by atoms with van der Waals surface area (Å²) < 4.78 is 40.7. The standard InChI is InChI=1S/C31H34O7S/c1-19-12-24(36-10-5-11-39(3,34)35)13-20(2)30(19)27-7-4-6-26-22(18-38-31(26)27)14-21-8-9-25-23(16-29(32)33)17-37-28(25)15-21/h4,6-9,12-13,15,22-23H,5,10-11,14,16-18H2,1-3H3,(H,32,33)/t22-,23-/m1/s1. The van der Waals surface area contributed by atoms with Crippen molar-refractivity contribution >= 4 is 15.8 Å². The van der Waals surface area contributed by atoms with Crippen molar-refractivity contribution in [2.75, 3.05) is 31.8 Å². The Kier molecular flexibility index (Phi) is 7.58. The molecule has 39 heavy (non-hydrogen) atoms. The summed E-state index contributed by atoms with van der Waals surface area (Å²) in [5, 5.41) is 9.16. The highest BCUT2D eigenvalue weighted by Crippen LogP contribution is 2.46. The van der Waals surface area contributed by atoms with E-state index in [1.54, 1.807) is 0 Å². The van der Waals surface area contributed by atoms with Crippen LogP contribution in [0.5, 0.6) is 17.2 Å². The number of hydrogen-bond acceptors (Lipinski definition) is 6. The number of benzene rings is 3. The minimum atomic E-state index is -3.00. The fraction of sp³-hybridized carbons (Fsp3) is 0.387. The highest BCUT2D eigenvalue weighted by molar-refractivity contribution is 7.90. The van der Waals surface area contributed by atoms with Crippen LogP contribution in [0.3, 0.4) is 0 Å². The van der Waals surface area contributed by atoms with Gasteiger partial charge in [0.1, 0.15) is 27.1 Å². The lowest BCUT2D eigenvalue weighted by Gasteiger charge is -2.16. The van der Waals surface area contributed by atoms with Gasteiger partial charge in [0, 0.05) is 34.8 Å². The van der Waals surface area contributed by atoms with Crippen molar-refractivity contribution in [2.45, 2.75) is 44.9 Å². The first-order valence-electron chi connectivity index (χ1n) is 13.2. The van der Waals surface area contributed by atoms with Crippen molar-refractivity contribution in [3.8, 4) is 28.4 Å². The monoisotopic (exact) mass is 550 g/mol. The maximum absolute atomic E-state index is 11.4. The van der Waals surface area contributed by atoms with Crippen molar-refractivity contribution in [1.82, 2.24) is 0 Å². The maximum atomic E-state index is 11.4. The lowest BCUT2D eigenvalue weighted by Crippen LogP contribution is -2.08. The first-order valence-corrected chi connectivity index (χ1v) is 15.3. The van der Waals surface area contributed by atoms with Crippen LogP contribution in [0, 0.1) is 13.8 Å². The molecule has 2 aliphatic rings. The van der Waals surface area contributed by atoms with E-state index >= 15 is 0 Å². The summed E-state index contributed by atoms with van der Waals surface area (Å²) in [4.78, 5) is 11.2. The molecule has 2 aliphatic heterocycles. The van der Waals surface area contributed by atoms with E-state index in [0.717, 1.165) is 57.1 Å².